The number of aliphatic hydroxyl groups excluding tert-OH is 1. The Balaban J connectivity index is 1.73. The smallest absolute Gasteiger partial charge is 0.236 e. The first kappa shape index (κ1) is 21.8. The van der Waals surface area contributed by atoms with Gasteiger partial charge in [0.1, 0.15) is 0 Å². The third-order valence-electron chi connectivity index (χ3n) is 6.79. The van der Waals surface area contributed by atoms with E-state index in [0.717, 1.165) is 45.2 Å². The molecule has 6 nitrogen and oxygen atoms in total. The second-order valence-corrected chi connectivity index (χ2v) is 8.76. The lowest BCUT2D eigenvalue weighted by atomic mass is 9.74. The van der Waals surface area contributed by atoms with Crippen LogP contribution in [0.2, 0.25) is 0 Å². The molecule has 1 aromatic carbocycles. The van der Waals surface area contributed by atoms with Crippen LogP contribution in [0.1, 0.15) is 51.0 Å². The summed E-state index contributed by atoms with van der Waals surface area (Å²) in [5.41, 5.74) is 0.967. The minimum atomic E-state index is -0.551. The lowest BCUT2D eigenvalue weighted by Gasteiger charge is -2.34. The van der Waals surface area contributed by atoms with Crippen LogP contribution in [0.3, 0.4) is 0 Å². The van der Waals surface area contributed by atoms with Crippen molar-refractivity contribution in [3.63, 3.8) is 0 Å². The Morgan fingerprint density at radius 3 is 2.48 bits per heavy atom. The van der Waals surface area contributed by atoms with Crippen LogP contribution in [-0.2, 0) is 15.0 Å². The molecule has 2 aliphatic rings. The molecule has 0 bridgehead atoms. The Labute approximate surface area is 174 Å². The van der Waals surface area contributed by atoms with Crippen molar-refractivity contribution in [2.75, 3.05) is 33.2 Å². The molecular formula is C23H35N3O3. The number of benzene rings is 1. The average molecular weight is 402 g/mol. The largest absolute Gasteiger partial charge is 0.391 e. The molecule has 29 heavy (non-hydrogen) atoms. The minimum Gasteiger partial charge on any atom is -0.391 e. The Kier molecular flexibility index (Phi) is 7.30. The van der Waals surface area contributed by atoms with E-state index in [9.17, 15) is 14.7 Å². The molecule has 0 unspecified atom stereocenters. The highest BCUT2D eigenvalue weighted by Gasteiger charge is 2.40. The van der Waals surface area contributed by atoms with Crippen molar-refractivity contribution in [2.45, 2.75) is 63.0 Å². The van der Waals surface area contributed by atoms with Crippen LogP contribution in [0.25, 0.3) is 0 Å². The summed E-state index contributed by atoms with van der Waals surface area (Å²) < 4.78 is 0. The Morgan fingerprint density at radius 2 is 1.83 bits per heavy atom. The van der Waals surface area contributed by atoms with Gasteiger partial charge in [-0.1, -0.05) is 30.3 Å². The summed E-state index contributed by atoms with van der Waals surface area (Å²) in [5, 5.41) is 13.9. The van der Waals surface area contributed by atoms with Gasteiger partial charge < -0.3 is 15.3 Å². The van der Waals surface area contributed by atoms with Crippen molar-refractivity contribution in [2.24, 2.45) is 0 Å². The maximum atomic E-state index is 12.8. The Hall–Kier alpha value is -1.92. The van der Waals surface area contributed by atoms with Crippen LogP contribution in [0.4, 0.5) is 0 Å². The number of rotatable bonds is 6. The number of likely N-dealkylation sites (N-methyl/N-ethyl adjacent to an activating group) is 1. The van der Waals surface area contributed by atoms with Gasteiger partial charge >= 0.3 is 0 Å². The van der Waals surface area contributed by atoms with E-state index in [1.54, 1.807) is 4.90 Å². The van der Waals surface area contributed by atoms with Crippen LogP contribution < -0.4 is 5.32 Å². The van der Waals surface area contributed by atoms with Gasteiger partial charge in [-0.3, -0.25) is 14.5 Å². The molecule has 0 radical (unpaired) electrons. The summed E-state index contributed by atoms with van der Waals surface area (Å²) in [7, 11) is 1.83. The molecule has 2 N–H and O–H groups in total. The van der Waals surface area contributed by atoms with Gasteiger partial charge in [0.25, 0.3) is 0 Å². The van der Waals surface area contributed by atoms with E-state index in [1.807, 2.05) is 25.2 Å². The van der Waals surface area contributed by atoms with Crippen LogP contribution in [0.15, 0.2) is 30.3 Å². The standard InChI is InChI=1S/C23H35N3O3/c1-18(27)24-17-23(19-8-4-3-5-9-19)12-10-20(21(28)11-13-23)25(2)22(29)16-26-14-6-7-15-26/h3-5,8-9,20-21,28H,6-7,10-17H2,1-2H3,(H,24,27)/t20-,21-,23-/m1/s1. The van der Waals surface area contributed by atoms with Crippen LogP contribution in [0, 0.1) is 0 Å². The van der Waals surface area contributed by atoms with Gasteiger partial charge in [0, 0.05) is 25.9 Å². The van der Waals surface area contributed by atoms with Crippen molar-refractivity contribution in [3.05, 3.63) is 35.9 Å². The molecular weight excluding hydrogens is 366 g/mol. The number of hydrogen-bond acceptors (Lipinski definition) is 4. The fourth-order valence-electron chi connectivity index (χ4n) is 4.89. The zero-order chi connectivity index (χ0) is 20.9. The summed E-state index contributed by atoms with van der Waals surface area (Å²) >= 11 is 0. The molecule has 3 rings (SSSR count). The number of likely N-dealkylation sites (tertiary alicyclic amines) is 1. The third kappa shape index (κ3) is 5.37. The molecule has 160 valence electrons. The van der Waals surface area contributed by atoms with Crippen molar-refractivity contribution in [3.8, 4) is 0 Å². The number of carbonyl (C=O) groups excluding carboxylic acids is 2. The van der Waals surface area contributed by atoms with Gasteiger partial charge in [-0.25, -0.2) is 0 Å². The van der Waals surface area contributed by atoms with Gasteiger partial charge in [0.2, 0.25) is 11.8 Å². The second kappa shape index (κ2) is 9.72. The van der Waals surface area contributed by atoms with Crippen molar-refractivity contribution in [1.29, 1.82) is 0 Å². The molecule has 6 heteroatoms. The molecule has 1 heterocycles. The predicted molar refractivity (Wildman–Crippen MR) is 114 cm³/mol. The molecule has 1 aliphatic carbocycles. The number of carbonyl (C=O) groups is 2. The van der Waals surface area contributed by atoms with Gasteiger partial charge in [-0.15, -0.1) is 0 Å². The molecule has 0 spiro atoms. The SMILES string of the molecule is CC(=O)NC[C@]1(c2ccccc2)CC[C@@H](O)[C@H](N(C)C(=O)CN2CCCC2)CC1. The number of amides is 2. The summed E-state index contributed by atoms with van der Waals surface area (Å²) in [6.45, 7) is 4.51. The molecule has 2 amide bonds. The Bertz CT molecular complexity index is 690. The van der Waals surface area contributed by atoms with Crippen LogP contribution in [-0.4, -0.2) is 72.1 Å². The van der Waals surface area contributed by atoms with Crippen molar-refractivity contribution >= 4 is 11.8 Å². The van der Waals surface area contributed by atoms with E-state index >= 15 is 0 Å². The van der Waals surface area contributed by atoms with Crippen molar-refractivity contribution < 1.29 is 14.7 Å². The van der Waals surface area contributed by atoms with E-state index in [2.05, 4.69) is 22.3 Å². The maximum absolute atomic E-state index is 12.8. The summed E-state index contributed by atoms with van der Waals surface area (Å²) in [6.07, 6.45) is 4.70. The van der Waals surface area contributed by atoms with E-state index in [-0.39, 0.29) is 23.3 Å². The number of hydrogen-bond donors (Lipinski definition) is 2. The molecule has 1 saturated heterocycles. The average Bonchev–Trinajstić information content (AvgIpc) is 3.16. The van der Waals surface area contributed by atoms with Crippen LogP contribution >= 0.6 is 0 Å². The van der Waals surface area contributed by atoms with E-state index in [0.29, 0.717) is 19.5 Å². The minimum absolute atomic E-state index is 0.0421. The fourth-order valence-corrected chi connectivity index (χ4v) is 4.89. The monoisotopic (exact) mass is 401 g/mol. The maximum Gasteiger partial charge on any atom is 0.236 e. The summed E-state index contributed by atoms with van der Waals surface area (Å²) in [4.78, 5) is 28.4. The first-order valence-corrected chi connectivity index (χ1v) is 10.9. The van der Waals surface area contributed by atoms with E-state index < -0.39 is 6.10 Å². The molecule has 1 aromatic rings. The van der Waals surface area contributed by atoms with Gasteiger partial charge in [-0.05, 0) is 57.2 Å². The summed E-state index contributed by atoms with van der Waals surface area (Å²) in [5.74, 6) is 0.0459. The van der Waals surface area contributed by atoms with E-state index in [4.69, 9.17) is 0 Å². The fraction of sp³-hybridized carbons (Fsp3) is 0.652. The third-order valence-corrected chi connectivity index (χ3v) is 6.79. The van der Waals surface area contributed by atoms with Gasteiger partial charge in [0.15, 0.2) is 0 Å². The quantitative estimate of drug-likeness (QED) is 0.715. The molecule has 3 atom stereocenters. The lowest BCUT2D eigenvalue weighted by molar-refractivity contribution is -0.135. The first-order chi connectivity index (χ1) is 13.9. The molecule has 1 saturated carbocycles. The number of nitrogens with zero attached hydrogens (tertiary/aromatic N) is 2. The van der Waals surface area contributed by atoms with Crippen LogP contribution in [0.5, 0.6) is 0 Å². The number of nitrogens with one attached hydrogen (secondary N) is 1. The zero-order valence-electron chi connectivity index (χ0n) is 17.8. The topological polar surface area (TPSA) is 72.9 Å². The lowest BCUT2D eigenvalue weighted by Crippen LogP contribution is -2.47. The van der Waals surface area contributed by atoms with E-state index in [1.165, 1.54) is 12.5 Å². The predicted octanol–water partition coefficient (Wildman–Crippen LogP) is 1.92. The molecule has 2 fully saturated rings. The highest BCUT2D eigenvalue weighted by Crippen LogP contribution is 2.39. The summed E-state index contributed by atoms with van der Waals surface area (Å²) in [6, 6.07) is 10.1. The zero-order valence-corrected chi connectivity index (χ0v) is 17.8. The molecule has 0 aromatic heterocycles. The number of aliphatic hydroxyl groups is 1. The van der Waals surface area contributed by atoms with Crippen molar-refractivity contribution in [1.82, 2.24) is 15.1 Å². The molecule has 1 aliphatic heterocycles. The second-order valence-electron chi connectivity index (χ2n) is 8.76. The first-order valence-electron chi connectivity index (χ1n) is 10.9. The van der Waals surface area contributed by atoms with Gasteiger partial charge in [0.05, 0.1) is 18.7 Å². The normalized spacial score (nSPS) is 28.0. The highest BCUT2D eigenvalue weighted by atomic mass is 16.3. The van der Waals surface area contributed by atoms with Gasteiger partial charge in [-0.2, -0.15) is 0 Å². The Morgan fingerprint density at radius 1 is 1.17 bits per heavy atom. The highest BCUT2D eigenvalue weighted by molar-refractivity contribution is 5.78.